The molecule has 1 aromatic heterocycles. The van der Waals surface area contributed by atoms with Crippen molar-refractivity contribution in [3.05, 3.63) is 23.6 Å². The fraction of sp³-hybridized carbons (Fsp3) is 0.111. The number of pyridine rings is 1. The second-order valence-corrected chi connectivity index (χ2v) is 2.45. The predicted octanol–water partition coefficient (Wildman–Crippen LogP) is 0.896. The Morgan fingerprint density at radius 1 is 1.80 bits per heavy atom. The second kappa shape index (κ2) is 4.93. The largest absolute Gasteiger partial charge is 0.478 e. The van der Waals surface area contributed by atoms with E-state index in [1.165, 1.54) is 0 Å². The molecule has 0 aliphatic carbocycles. The van der Waals surface area contributed by atoms with Gasteiger partial charge in [0.05, 0.1) is 6.20 Å². The molecule has 0 atom stereocenters. The Kier molecular flexibility index (Phi) is 3.60. The first-order chi connectivity index (χ1) is 7.15. The number of aromatic carboxylic acids is 1. The first kappa shape index (κ1) is 10.9. The van der Waals surface area contributed by atoms with E-state index in [0.717, 1.165) is 12.3 Å². The number of rotatable bonds is 4. The van der Waals surface area contributed by atoms with Gasteiger partial charge in [-0.3, -0.25) is 4.84 Å². The first-order valence-electron chi connectivity index (χ1n) is 3.85. The summed E-state index contributed by atoms with van der Waals surface area (Å²) in [5, 5.41) is 8.70. The number of halogens is 1. The quantitative estimate of drug-likeness (QED) is 0.438. The number of hydrogen-bond acceptors (Lipinski definition) is 4. The number of hydrogen-bond donors (Lipinski definition) is 2. The van der Waals surface area contributed by atoms with Crippen LogP contribution in [0.15, 0.2) is 12.3 Å². The molecule has 0 radical (unpaired) electrons. The van der Waals surface area contributed by atoms with E-state index in [0.29, 0.717) is 0 Å². The molecule has 2 N–H and O–H groups in total. The minimum absolute atomic E-state index is 0.0574. The molecular weight excluding hydrogens is 203 g/mol. The molecule has 6 heteroatoms. The van der Waals surface area contributed by atoms with Crippen molar-refractivity contribution < 1.29 is 19.1 Å². The number of carboxylic acid groups (broad SMARTS) is 1. The van der Waals surface area contributed by atoms with Crippen molar-refractivity contribution in [3.8, 4) is 12.3 Å². The van der Waals surface area contributed by atoms with Crippen LogP contribution in [-0.2, 0) is 4.84 Å². The van der Waals surface area contributed by atoms with E-state index in [1.54, 1.807) is 0 Å². The lowest BCUT2D eigenvalue weighted by atomic mass is 10.2. The smallest absolute Gasteiger partial charge is 0.339 e. The normalized spacial score (nSPS) is 9.33. The molecular formula is C9H7FN2O3. The zero-order valence-corrected chi connectivity index (χ0v) is 7.53. The maximum absolute atomic E-state index is 12.7. The summed E-state index contributed by atoms with van der Waals surface area (Å²) in [6, 6.07) is 0.830. The molecule has 1 rings (SSSR count). The van der Waals surface area contributed by atoms with E-state index in [-0.39, 0.29) is 18.0 Å². The highest BCUT2D eigenvalue weighted by atomic mass is 19.1. The van der Waals surface area contributed by atoms with Gasteiger partial charge in [-0.15, -0.1) is 6.42 Å². The van der Waals surface area contributed by atoms with E-state index in [2.05, 4.69) is 21.2 Å². The monoisotopic (exact) mass is 210 g/mol. The van der Waals surface area contributed by atoms with Crippen LogP contribution in [0.2, 0.25) is 0 Å². The fourth-order valence-electron chi connectivity index (χ4n) is 0.830. The van der Waals surface area contributed by atoms with Gasteiger partial charge in [0.25, 0.3) is 0 Å². The second-order valence-electron chi connectivity index (χ2n) is 2.45. The highest BCUT2D eigenvalue weighted by Gasteiger charge is 2.12. The summed E-state index contributed by atoms with van der Waals surface area (Å²) >= 11 is 0. The van der Waals surface area contributed by atoms with Gasteiger partial charge in [0.2, 0.25) is 0 Å². The van der Waals surface area contributed by atoms with Crippen LogP contribution in [0.25, 0.3) is 0 Å². The lowest BCUT2D eigenvalue weighted by molar-refractivity contribution is 0.0695. The number of carbonyl (C=O) groups is 1. The van der Waals surface area contributed by atoms with Crippen LogP contribution >= 0.6 is 0 Å². The lowest BCUT2D eigenvalue weighted by Crippen LogP contribution is -2.09. The summed E-state index contributed by atoms with van der Waals surface area (Å²) < 4.78 is 12.7. The van der Waals surface area contributed by atoms with Crippen molar-refractivity contribution in [2.75, 3.05) is 12.1 Å². The van der Waals surface area contributed by atoms with Crippen LogP contribution in [0.3, 0.4) is 0 Å². The van der Waals surface area contributed by atoms with Crippen LogP contribution in [-0.4, -0.2) is 22.7 Å². The topological polar surface area (TPSA) is 71.5 Å². The number of anilines is 1. The minimum atomic E-state index is -1.31. The van der Waals surface area contributed by atoms with E-state index in [9.17, 15) is 9.18 Å². The van der Waals surface area contributed by atoms with Crippen molar-refractivity contribution in [1.82, 2.24) is 4.98 Å². The van der Waals surface area contributed by atoms with Crippen LogP contribution < -0.4 is 5.48 Å². The number of aromatic nitrogens is 1. The molecule has 0 amide bonds. The SMILES string of the molecule is C#CCONc1ncc(F)cc1C(=O)O. The summed E-state index contributed by atoms with van der Waals surface area (Å²) in [5.41, 5.74) is 1.89. The maximum atomic E-state index is 12.7. The zero-order valence-electron chi connectivity index (χ0n) is 7.53. The Bertz CT molecular complexity index is 414. The molecule has 1 heterocycles. The van der Waals surface area contributed by atoms with Gasteiger partial charge >= 0.3 is 5.97 Å². The van der Waals surface area contributed by atoms with Gasteiger partial charge in [-0.2, -0.15) is 0 Å². The summed E-state index contributed by atoms with van der Waals surface area (Å²) in [5.74, 6) is 0.0139. The molecule has 0 aliphatic rings. The molecule has 0 saturated carbocycles. The molecule has 0 bridgehead atoms. The molecule has 0 spiro atoms. The van der Waals surface area contributed by atoms with Crippen molar-refractivity contribution in [1.29, 1.82) is 0 Å². The van der Waals surface area contributed by atoms with E-state index >= 15 is 0 Å². The van der Waals surface area contributed by atoms with Gasteiger partial charge < -0.3 is 5.11 Å². The Morgan fingerprint density at radius 2 is 2.53 bits per heavy atom. The molecule has 0 unspecified atom stereocenters. The Labute approximate surface area is 84.8 Å². The molecule has 15 heavy (non-hydrogen) atoms. The van der Waals surface area contributed by atoms with Gasteiger partial charge in [-0.25, -0.2) is 19.6 Å². The summed E-state index contributed by atoms with van der Waals surface area (Å²) in [6.45, 7) is -0.0574. The van der Waals surface area contributed by atoms with Crippen LogP contribution in [0.1, 0.15) is 10.4 Å². The number of nitrogens with one attached hydrogen (secondary N) is 1. The predicted molar refractivity (Wildman–Crippen MR) is 49.6 cm³/mol. The van der Waals surface area contributed by atoms with Gasteiger partial charge in [0.15, 0.2) is 5.82 Å². The average Bonchev–Trinajstić information content (AvgIpc) is 2.20. The zero-order chi connectivity index (χ0) is 11.3. The fourth-order valence-corrected chi connectivity index (χ4v) is 0.830. The number of terminal acetylenes is 1. The lowest BCUT2D eigenvalue weighted by Gasteiger charge is -2.06. The molecule has 0 fully saturated rings. The highest BCUT2D eigenvalue weighted by molar-refractivity contribution is 5.92. The van der Waals surface area contributed by atoms with Crippen LogP contribution in [0.4, 0.5) is 10.2 Å². The molecule has 0 aliphatic heterocycles. The van der Waals surface area contributed by atoms with E-state index in [1.807, 2.05) is 0 Å². The summed E-state index contributed by atoms with van der Waals surface area (Å²) in [4.78, 5) is 18.8. The van der Waals surface area contributed by atoms with Gasteiger partial charge in [0.1, 0.15) is 18.0 Å². The van der Waals surface area contributed by atoms with Crippen molar-refractivity contribution in [2.45, 2.75) is 0 Å². The molecule has 0 saturated heterocycles. The highest BCUT2D eigenvalue weighted by Crippen LogP contribution is 2.13. The average molecular weight is 210 g/mol. The third-order valence-corrected chi connectivity index (χ3v) is 1.41. The Morgan fingerprint density at radius 3 is 3.13 bits per heavy atom. The molecule has 78 valence electrons. The van der Waals surface area contributed by atoms with Crippen molar-refractivity contribution >= 4 is 11.8 Å². The van der Waals surface area contributed by atoms with Gasteiger partial charge in [-0.05, 0) is 6.07 Å². The van der Waals surface area contributed by atoms with Gasteiger partial charge in [0, 0.05) is 0 Å². The van der Waals surface area contributed by atoms with Gasteiger partial charge in [-0.1, -0.05) is 5.92 Å². The number of nitrogens with zero attached hydrogens (tertiary/aromatic N) is 1. The minimum Gasteiger partial charge on any atom is -0.478 e. The molecule has 0 aromatic carbocycles. The maximum Gasteiger partial charge on any atom is 0.339 e. The van der Waals surface area contributed by atoms with E-state index in [4.69, 9.17) is 11.5 Å². The standard InChI is InChI=1S/C9H7FN2O3/c1-2-3-15-12-8-7(9(13)14)4-6(10)5-11-8/h1,4-5H,3H2,(H,11,12)(H,13,14). The summed E-state index contributed by atoms with van der Waals surface area (Å²) in [6.07, 6.45) is 5.77. The number of carboxylic acids is 1. The first-order valence-corrected chi connectivity index (χ1v) is 3.85. The molecule has 1 aromatic rings. The van der Waals surface area contributed by atoms with E-state index < -0.39 is 11.8 Å². The van der Waals surface area contributed by atoms with Crippen LogP contribution in [0, 0.1) is 18.2 Å². The Hall–Kier alpha value is -2.13. The van der Waals surface area contributed by atoms with Crippen molar-refractivity contribution in [2.24, 2.45) is 0 Å². The third-order valence-electron chi connectivity index (χ3n) is 1.41. The molecule has 5 nitrogen and oxygen atoms in total. The third kappa shape index (κ3) is 2.93. The van der Waals surface area contributed by atoms with Crippen molar-refractivity contribution in [3.63, 3.8) is 0 Å². The Balaban J connectivity index is 2.87. The summed E-state index contributed by atoms with van der Waals surface area (Å²) in [7, 11) is 0. The van der Waals surface area contributed by atoms with Crippen LogP contribution in [0.5, 0.6) is 0 Å².